The van der Waals surface area contributed by atoms with Crippen molar-refractivity contribution in [1.29, 1.82) is 0 Å². The number of hydrogen-bond donors (Lipinski definition) is 1. The van der Waals surface area contributed by atoms with Gasteiger partial charge in [0, 0.05) is 6.07 Å². The van der Waals surface area contributed by atoms with E-state index in [-0.39, 0.29) is 47.5 Å². The molecule has 4 atom stereocenters. The summed E-state index contributed by atoms with van der Waals surface area (Å²) in [4.78, 5) is 37.8. The Morgan fingerprint density at radius 1 is 1.11 bits per heavy atom. The van der Waals surface area contributed by atoms with Gasteiger partial charge in [-0.2, -0.15) is 5.01 Å². The molecule has 1 aromatic carbocycles. The quantitative estimate of drug-likeness (QED) is 0.615. The SMILES string of the molecule is O=C(COc1ccc(Cl)c(Cl)c1)NN1C(=O)[C@@H]2[C@H](C1=O)[C@H]1C=C[C@H]2C12CC2. The first-order valence-corrected chi connectivity index (χ1v) is 9.61. The number of ether oxygens (including phenoxy) is 1. The highest BCUT2D eigenvalue weighted by molar-refractivity contribution is 6.42. The highest BCUT2D eigenvalue weighted by Crippen LogP contribution is 2.73. The van der Waals surface area contributed by atoms with Crippen LogP contribution in [0.3, 0.4) is 0 Å². The van der Waals surface area contributed by atoms with Crippen LogP contribution in [0.5, 0.6) is 5.75 Å². The molecule has 1 spiro atoms. The summed E-state index contributed by atoms with van der Waals surface area (Å²) in [7, 11) is 0. The first kappa shape index (κ1) is 17.1. The van der Waals surface area contributed by atoms with Crippen LogP contribution < -0.4 is 10.2 Å². The topological polar surface area (TPSA) is 75.7 Å². The van der Waals surface area contributed by atoms with Crippen molar-refractivity contribution in [3.8, 4) is 5.75 Å². The summed E-state index contributed by atoms with van der Waals surface area (Å²) < 4.78 is 5.36. The second kappa shape index (κ2) is 5.72. The molecule has 3 fully saturated rings. The average molecular weight is 407 g/mol. The van der Waals surface area contributed by atoms with Gasteiger partial charge in [-0.3, -0.25) is 19.8 Å². The molecule has 0 unspecified atom stereocenters. The van der Waals surface area contributed by atoms with Gasteiger partial charge in [0.05, 0.1) is 21.9 Å². The summed E-state index contributed by atoms with van der Waals surface area (Å²) in [6.07, 6.45) is 6.32. The van der Waals surface area contributed by atoms with Crippen LogP contribution in [0.15, 0.2) is 30.4 Å². The lowest BCUT2D eigenvalue weighted by molar-refractivity contribution is -0.150. The van der Waals surface area contributed by atoms with Crippen molar-refractivity contribution in [3.05, 3.63) is 40.4 Å². The number of nitrogens with zero attached hydrogens (tertiary/aromatic N) is 1. The molecule has 2 saturated carbocycles. The van der Waals surface area contributed by atoms with Crippen molar-refractivity contribution in [2.24, 2.45) is 29.1 Å². The lowest BCUT2D eigenvalue weighted by Gasteiger charge is -2.22. The van der Waals surface area contributed by atoms with E-state index in [1.165, 1.54) is 6.07 Å². The number of fused-ring (bicyclic) bond motifs is 3. The van der Waals surface area contributed by atoms with Crippen molar-refractivity contribution in [2.75, 3.05) is 6.61 Å². The van der Waals surface area contributed by atoms with Crippen molar-refractivity contribution >= 4 is 40.9 Å². The number of nitrogens with one attached hydrogen (secondary N) is 1. The van der Waals surface area contributed by atoms with Crippen LogP contribution in [0.25, 0.3) is 0 Å². The number of hydrazine groups is 1. The molecule has 0 aromatic heterocycles. The van der Waals surface area contributed by atoms with Gasteiger partial charge in [-0.1, -0.05) is 35.4 Å². The zero-order valence-electron chi connectivity index (χ0n) is 14.2. The molecule has 3 amide bonds. The summed E-state index contributed by atoms with van der Waals surface area (Å²) in [5.74, 6) is -1.26. The largest absolute Gasteiger partial charge is 0.484 e. The van der Waals surface area contributed by atoms with Crippen LogP contribution in [0.2, 0.25) is 10.0 Å². The highest BCUT2D eigenvalue weighted by Gasteiger charge is 2.73. The molecule has 27 heavy (non-hydrogen) atoms. The number of benzene rings is 1. The Morgan fingerprint density at radius 3 is 2.30 bits per heavy atom. The van der Waals surface area contributed by atoms with Gasteiger partial charge in [-0.25, -0.2) is 0 Å². The average Bonchev–Trinajstić information content (AvgIpc) is 3.25. The second-order valence-electron chi connectivity index (χ2n) is 7.63. The number of amides is 3. The fourth-order valence-electron chi connectivity index (χ4n) is 5.06. The third-order valence-electron chi connectivity index (χ3n) is 6.35. The van der Waals surface area contributed by atoms with E-state index in [0.717, 1.165) is 17.9 Å². The van der Waals surface area contributed by atoms with Crippen LogP contribution in [0.4, 0.5) is 0 Å². The summed E-state index contributed by atoms with van der Waals surface area (Å²) in [6.45, 7) is -0.348. The van der Waals surface area contributed by atoms with Crippen LogP contribution in [-0.4, -0.2) is 29.3 Å². The van der Waals surface area contributed by atoms with Gasteiger partial charge < -0.3 is 4.74 Å². The van der Waals surface area contributed by atoms with E-state index >= 15 is 0 Å². The number of hydrogen-bond acceptors (Lipinski definition) is 4. The first-order valence-electron chi connectivity index (χ1n) is 8.86. The Morgan fingerprint density at radius 2 is 1.74 bits per heavy atom. The van der Waals surface area contributed by atoms with Crippen molar-refractivity contribution in [3.63, 3.8) is 0 Å². The van der Waals surface area contributed by atoms with E-state index in [4.69, 9.17) is 27.9 Å². The van der Waals surface area contributed by atoms with E-state index < -0.39 is 5.91 Å². The normalized spacial score (nSPS) is 31.6. The second-order valence-corrected chi connectivity index (χ2v) is 8.45. The lowest BCUT2D eigenvalue weighted by Crippen LogP contribution is -2.49. The molecule has 5 rings (SSSR count). The Hall–Kier alpha value is -2.05. The minimum Gasteiger partial charge on any atom is -0.484 e. The smallest absolute Gasteiger partial charge is 0.276 e. The number of carbonyl (C=O) groups is 3. The van der Waals surface area contributed by atoms with E-state index in [1.54, 1.807) is 12.1 Å². The predicted octanol–water partition coefficient (Wildman–Crippen LogP) is 2.60. The van der Waals surface area contributed by atoms with Gasteiger partial charge in [-0.05, 0) is 42.2 Å². The van der Waals surface area contributed by atoms with Crippen molar-refractivity contribution in [1.82, 2.24) is 10.4 Å². The summed E-state index contributed by atoms with van der Waals surface area (Å²) >= 11 is 11.7. The summed E-state index contributed by atoms with van der Waals surface area (Å²) in [6, 6.07) is 4.63. The molecule has 1 aliphatic heterocycles. The van der Waals surface area contributed by atoms with E-state index in [9.17, 15) is 14.4 Å². The van der Waals surface area contributed by atoms with Gasteiger partial charge in [0.25, 0.3) is 17.7 Å². The Kier molecular flexibility index (Phi) is 3.62. The first-order chi connectivity index (χ1) is 12.9. The van der Waals surface area contributed by atoms with Crippen LogP contribution in [0.1, 0.15) is 12.8 Å². The Bertz CT molecular complexity index is 877. The van der Waals surface area contributed by atoms with Crippen LogP contribution in [0, 0.1) is 29.1 Å². The molecule has 3 aliphatic carbocycles. The molecule has 1 heterocycles. The van der Waals surface area contributed by atoms with Gasteiger partial charge in [0.1, 0.15) is 5.75 Å². The minimum atomic E-state index is -0.579. The van der Waals surface area contributed by atoms with E-state index in [1.807, 2.05) is 0 Å². The van der Waals surface area contributed by atoms with Crippen LogP contribution >= 0.6 is 23.2 Å². The number of imide groups is 1. The molecule has 4 aliphatic rings. The lowest BCUT2D eigenvalue weighted by atomic mass is 9.85. The molecular weight excluding hydrogens is 391 g/mol. The maximum absolute atomic E-state index is 12.8. The number of rotatable bonds is 4. The van der Waals surface area contributed by atoms with E-state index in [2.05, 4.69) is 17.6 Å². The molecule has 8 heteroatoms. The zero-order chi connectivity index (χ0) is 18.9. The molecule has 6 nitrogen and oxygen atoms in total. The monoisotopic (exact) mass is 406 g/mol. The van der Waals surface area contributed by atoms with Gasteiger partial charge >= 0.3 is 0 Å². The highest BCUT2D eigenvalue weighted by atomic mass is 35.5. The molecule has 1 aromatic rings. The van der Waals surface area contributed by atoms with E-state index in [0.29, 0.717) is 15.8 Å². The van der Waals surface area contributed by atoms with Gasteiger partial charge in [0.15, 0.2) is 6.61 Å². The molecule has 2 bridgehead atoms. The van der Waals surface area contributed by atoms with Crippen LogP contribution in [-0.2, 0) is 14.4 Å². The minimum absolute atomic E-state index is 0.123. The third kappa shape index (κ3) is 2.36. The fourth-order valence-corrected chi connectivity index (χ4v) is 5.35. The number of carbonyl (C=O) groups excluding carboxylic acids is 3. The third-order valence-corrected chi connectivity index (χ3v) is 7.09. The molecule has 140 valence electrons. The maximum Gasteiger partial charge on any atom is 0.276 e. The van der Waals surface area contributed by atoms with Crippen molar-refractivity contribution in [2.45, 2.75) is 12.8 Å². The Balaban J connectivity index is 1.24. The number of halogens is 2. The molecule has 0 radical (unpaired) electrons. The van der Waals surface area contributed by atoms with Gasteiger partial charge in [-0.15, -0.1) is 0 Å². The van der Waals surface area contributed by atoms with Gasteiger partial charge in [0.2, 0.25) is 0 Å². The van der Waals surface area contributed by atoms with Crippen molar-refractivity contribution < 1.29 is 19.1 Å². The molecule has 1 saturated heterocycles. The summed E-state index contributed by atoms with van der Waals surface area (Å²) in [5.41, 5.74) is 2.54. The summed E-state index contributed by atoms with van der Waals surface area (Å²) in [5, 5.41) is 1.58. The molecule has 1 N–H and O–H groups in total. The fraction of sp³-hybridized carbons (Fsp3) is 0.421. The standard InChI is InChI=1S/C19H16Cl2N2O4/c20-12-4-1-9(7-13(12)21)27-8-14(24)22-23-17(25)15-10-2-3-11(16(15)18(23)26)19(10)5-6-19/h1-4,7,10-11,15-16H,5-6,8H2,(H,22,24)/t10-,11-,15-,16+/m1/s1. The number of allylic oxidation sites excluding steroid dienone is 2. The molecular formula is C19H16Cl2N2O4. The maximum atomic E-state index is 12.8. The Labute approximate surface area is 165 Å². The predicted molar refractivity (Wildman–Crippen MR) is 96.7 cm³/mol. The zero-order valence-corrected chi connectivity index (χ0v) is 15.7.